The summed E-state index contributed by atoms with van der Waals surface area (Å²) in [4.78, 5) is 12.6. The second-order valence-corrected chi connectivity index (χ2v) is 7.06. The molecule has 2 N–H and O–H groups in total. The first-order valence-electron chi connectivity index (χ1n) is 8.82. The Bertz CT molecular complexity index is 545. The average Bonchev–Trinajstić information content (AvgIpc) is 2.60. The molecule has 0 bridgehead atoms. The van der Waals surface area contributed by atoms with Gasteiger partial charge in [0.25, 0.3) is 5.91 Å². The lowest BCUT2D eigenvalue weighted by atomic mass is 9.79. The van der Waals surface area contributed by atoms with Gasteiger partial charge in [0.05, 0.1) is 6.61 Å². The molecule has 3 rings (SSSR count). The lowest BCUT2D eigenvalue weighted by molar-refractivity contribution is 0.0511. The predicted octanol–water partition coefficient (Wildman–Crippen LogP) is 2.31. The third kappa shape index (κ3) is 3.93. The van der Waals surface area contributed by atoms with Crippen molar-refractivity contribution in [3.8, 4) is 0 Å². The molecule has 1 amide bonds. The summed E-state index contributed by atoms with van der Waals surface area (Å²) in [7, 11) is 1.75. The van der Waals surface area contributed by atoms with E-state index in [1.807, 2.05) is 6.07 Å². The summed E-state index contributed by atoms with van der Waals surface area (Å²) in [6.45, 7) is 3.40. The van der Waals surface area contributed by atoms with Crippen LogP contribution in [0.4, 0.5) is 0 Å². The van der Waals surface area contributed by atoms with E-state index in [0.717, 1.165) is 44.3 Å². The zero-order valence-corrected chi connectivity index (χ0v) is 14.1. The summed E-state index contributed by atoms with van der Waals surface area (Å²) in [6.07, 6.45) is 6.86. The third-order valence-electron chi connectivity index (χ3n) is 5.35. The van der Waals surface area contributed by atoms with E-state index in [4.69, 9.17) is 4.74 Å². The minimum absolute atomic E-state index is 0.0485. The van der Waals surface area contributed by atoms with Gasteiger partial charge in [0.2, 0.25) is 0 Å². The molecular weight excluding hydrogens is 288 g/mol. The van der Waals surface area contributed by atoms with Gasteiger partial charge < -0.3 is 15.4 Å². The Hall–Kier alpha value is -1.39. The number of amides is 1. The molecule has 1 aromatic rings. The summed E-state index contributed by atoms with van der Waals surface area (Å²) in [5.74, 6) is 0.0485. The SMILES string of the molecule is COCC1(CNC(=O)c2ccc3c(c2)CCCC3)CCNCC1. The lowest BCUT2D eigenvalue weighted by Crippen LogP contribution is -2.47. The highest BCUT2D eigenvalue weighted by atomic mass is 16.5. The van der Waals surface area contributed by atoms with Crippen molar-refractivity contribution < 1.29 is 9.53 Å². The molecule has 0 aromatic heterocycles. The van der Waals surface area contributed by atoms with Gasteiger partial charge in [-0.05, 0) is 74.9 Å². The van der Waals surface area contributed by atoms with Gasteiger partial charge >= 0.3 is 0 Å². The van der Waals surface area contributed by atoms with Crippen LogP contribution in [0.15, 0.2) is 18.2 Å². The first-order chi connectivity index (χ1) is 11.2. The predicted molar refractivity (Wildman–Crippen MR) is 91.8 cm³/mol. The fraction of sp³-hybridized carbons (Fsp3) is 0.632. The maximum absolute atomic E-state index is 12.6. The molecule has 0 saturated carbocycles. The highest BCUT2D eigenvalue weighted by Gasteiger charge is 2.32. The highest BCUT2D eigenvalue weighted by molar-refractivity contribution is 5.94. The Kier molecular flexibility index (Phi) is 5.34. The van der Waals surface area contributed by atoms with Crippen LogP contribution in [0.25, 0.3) is 0 Å². The van der Waals surface area contributed by atoms with Gasteiger partial charge in [-0.2, -0.15) is 0 Å². The van der Waals surface area contributed by atoms with Crippen LogP contribution < -0.4 is 10.6 Å². The summed E-state index contributed by atoms with van der Waals surface area (Å²) < 4.78 is 5.42. The van der Waals surface area contributed by atoms with Gasteiger partial charge in [-0.3, -0.25) is 4.79 Å². The smallest absolute Gasteiger partial charge is 0.251 e. The molecule has 23 heavy (non-hydrogen) atoms. The van der Waals surface area contributed by atoms with Gasteiger partial charge in [-0.25, -0.2) is 0 Å². The number of carbonyl (C=O) groups excluding carboxylic acids is 1. The van der Waals surface area contributed by atoms with Crippen molar-refractivity contribution in [3.05, 3.63) is 34.9 Å². The molecule has 1 aromatic carbocycles. The number of piperidine rings is 1. The number of carbonyl (C=O) groups is 1. The Morgan fingerprint density at radius 3 is 2.70 bits per heavy atom. The number of rotatable bonds is 5. The third-order valence-corrected chi connectivity index (χ3v) is 5.35. The molecule has 1 aliphatic carbocycles. The topological polar surface area (TPSA) is 50.4 Å². The molecule has 1 heterocycles. The number of hydrogen-bond acceptors (Lipinski definition) is 3. The minimum Gasteiger partial charge on any atom is -0.384 e. The maximum atomic E-state index is 12.6. The second kappa shape index (κ2) is 7.45. The fourth-order valence-electron chi connectivity index (χ4n) is 3.88. The number of hydrogen-bond donors (Lipinski definition) is 2. The van der Waals surface area contributed by atoms with Crippen LogP contribution in [0.1, 0.15) is 47.2 Å². The van der Waals surface area contributed by atoms with E-state index in [0.29, 0.717) is 13.2 Å². The second-order valence-electron chi connectivity index (χ2n) is 7.06. The average molecular weight is 316 g/mol. The van der Waals surface area contributed by atoms with E-state index in [1.165, 1.54) is 24.0 Å². The normalized spacial score (nSPS) is 19.9. The Labute approximate surface area is 139 Å². The molecule has 4 heteroatoms. The summed E-state index contributed by atoms with van der Waals surface area (Å²) >= 11 is 0. The van der Waals surface area contributed by atoms with E-state index < -0.39 is 0 Å². The largest absolute Gasteiger partial charge is 0.384 e. The van der Waals surface area contributed by atoms with Crippen LogP contribution in [0.5, 0.6) is 0 Å². The molecule has 0 spiro atoms. The molecule has 4 nitrogen and oxygen atoms in total. The van der Waals surface area contributed by atoms with E-state index in [-0.39, 0.29) is 11.3 Å². The van der Waals surface area contributed by atoms with Gasteiger partial charge in [0, 0.05) is 24.6 Å². The van der Waals surface area contributed by atoms with Gasteiger partial charge in [-0.1, -0.05) is 6.07 Å². The standard InChI is InChI=1S/C19H28N2O2/c1-23-14-19(8-10-20-11-9-19)13-21-18(22)17-7-6-15-4-2-3-5-16(15)12-17/h6-7,12,20H,2-5,8-11,13-14H2,1H3,(H,21,22). The molecular formula is C19H28N2O2. The summed E-state index contributed by atoms with van der Waals surface area (Å²) in [6, 6.07) is 6.21. The van der Waals surface area contributed by atoms with Crippen molar-refractivity contribution in [2.24, 2.45) is 5.41 Å². The van der Waals surface area contributed by atoms with E-state index in [9.17, 15) is 4.79 Å². The molecule has 126 valence electrons. The van der Waals surface area contributed by atoms with Gasteiger partial charge in [-0.15, -0.1) is 0 Å². The molecule has 1 aliphatic heterocycles. The van der Waals surface area contributed by atoms with Crippen molar-refractivity contribution in [1.29, 1.82) is 0 Å². The lowest BCUT2D eigenvalue weighted by Gasteiger charge is -2.37. The van der Waals surface area contributed by atoms with Crippen molar-refractivity contribution in [2.45, 2.75) is 38.5 Å². The fourth-order valence-corrected chi connectivity index (χ4v) is 3.88. The number of aryl methyl sites for hydroxylation is 2. The van der Waals surface area contributed by atoms with Crippen LogP contribution in [-0.4, -0.2) is 39.3 Å². The highest BCUT2D eigenvalue weighted by Crippen LogP contribution is 2.28. The van der Waals surface area contributed by atoms with Crippen LogP contribution in [0, 0.1) is 5.41 Å². The first-order valence-corrected chi connectivity index (χ1v) is 8.82. The van der Waals surface area contributed by atoms with Crippen molar-refractivity contribution in [3.63, 3.8) is 0 Å². The quantitative estimate of drug-likeness (QED) is 0.876. The van der Waals surface area contributed by atoms with E-state index in [2.05, 4.69) is 22.8 Å². The number of nitrogens with one attached hydrogen (secondary N) is 2. The van der Waals surface area contributed by atoms with Crippen molar-refractivity contribution in [2.75, 3.05) is 33.4 Å². The number of fused-ring (bicyclic) bond motifs is 1. The number of methoxy groups -OCH3 is 1. The summed E-state index contributed by atoms with van der Waals surface area (Å²) in [5, 5.41) is 6.54. The summed E-state index contributed by atoms with van der Waals surface area (Å²) in [5.41, 5.74) is 3.65. The Balaban J connectivity index is 1.64. The van der Waals surface area contributed by atoms with Crippen LogP contribution in [0.3, 0.4) is 0 Å². The van der Waals surface area contributed by atoms with E-state index in [1.54, 1.807) is 7.11 Å². The zero-order chi connectivity index (χ0) is 16.1. The molecule has 1 fully saturated rings. The Morgan fingerprint density at radius 2 is 1.96 bits per heavy atom. The molecule has 2 aliphatic rings. The molecule has 0 atom stereocenters. The monoisotopic (exact) mass is 316 g/mol. The van der Waals surface area contributed by atoms with Crippen molar-refractivity contribution >= 4 is 5.91 Å². The first kappa shape index (κ1) is 16.5. The molecule has 0 radical (unpaired) electrons. The maximum Gasteiger partial charge on any atom is 0.251 e. The molecule has 0 unspecified atom stereocenters. The van der Waals surface area contributed by atoms with Crippen LogP contribution in [-0.2, 0) is 17.6 Å². The van der Waals surface area contributed by atoms with E-state index >= 15 is 0 Å². The van der Waals surface area contributed by atoms with Crippen LogP contribution in [0.2, 0.25) is 0 Å². The number of benzene rings is 1. The minimum atomic E-state index is 0.0485. The number of ether oxygens (including phenoxy) is 1. The molecule has 1 saturated heterocycles. The van der Waals surface area contributed by atoms with Gasteiger partial charge in [0.15, 0.2) is 0 Å². The zero-order valence-electron chi connectivity index (χ0n) is 14.1. The Morgan fingerprint density at radius 1 is 1.22 bits per heavy atom. The van der Waals surface area contributed by atoms with Crippen LogP contribution >= 0.6 is 0 Å². The van der Waals surface area contributed by atoms with Crippen molar-refractivity contribution in [1.82, 2.24) is 10.6 Å². The van der Waals surface area contributed by atoms with Gasteiger partial charge in [0.1, 0.15) is 0 Å².